The number of nitrogens with zero attached hydrogens (tertiary/aromatic N) is 1. The van der Waals surface area contributed by atoms with Crippen molar-refractivity contribution in [3.63, 3.8) is 0 Å². The fraction of sp³-hybridized carbons (Fsp3) is 0.308. The number of hydrogen-bond acceptors (Lipinski definition) is 2. The maximum atomic E-state index is 14.0. The van der Waals surface area contributed by atoms with E-state index in [-0.39, 0.29) is 5.52 Å². The number of carbonyl (C=O) groups excluding carboxylic acids is 1. The smallest absolute Gasteiger partial charge is 0.419 e. The van der Waals surface area contributed by atoms with Crippen molar-refractivity contribution >= 4 is 32.9 Å². The van der Waals surface area contributed by atoms with Crippen molar-refractivity contribution in [2.45, 2.75) is 26.4 Å². The number of aromatic nitrogens is 1. The van der Waals surface area contributed by atoms with Crippen LogP contribution in [0.1, 0.15) is 20.8 Å². The summed E-state index contributed by atoms with van der Waals surface area (Å²) in [4.78, 5) is 12.0. The van der Waals surface area contributed by atoms with Crippen LogP contribution in [0, 0.1) is 5.82 Å². The summed E-state index contributed by atoms with van der Waals surface area (Å²) < 4.78 is 20.7. The van der Waals surface area contributed by atoms with Crippen LogP contribution in [0.2, 0.25) is 0 Å². The normalized spacial score (nSPS) is 11.8. The Bertz CT molecular complexity index is 613. The molecule has 0 saturated carbocycles. The Balaban J connectivity index is 2.52. The third-order valence-corrected chi connectivity index (χ3v) is 2.95. The Morgan fingerprint density at radius 2 is 2.00 bits per heavy atom. The van der Waals surface area contributed by atoms with Gasteiger partial charge >= 0.3 is 6.09 Å². The number of ether oxygens (including phenoxy) is 1. The van der Waals surface area contributed by atoms with E-state index in [0.29, 0.717) is 9.86 Å². The van der Waals surface area contributed by atoms with E-state index in [1.807, 2.05) is 0 Å². The van der Waals surface area contributed by atoms with E-state index in [1.165, 1.54) is 10.8 Å². The number of benzene rings is 1. The molecule has 0 radical (unpaired) electrons. The number of rotatable bonds is 0. The molecule has 96 valence electrons. The molecule has 0 amide bonds. The molecule has 2 rings (SSSR count). The SMILES string of the molecule is CC(C)(C)OC(=O)n1ccc2ccc(Br)c(F)c21. The monoisotopic (exact) mass is 313 g/mol. The van der Waals surface area contributed by atoms with Crippen LogP contribution < -0.4 is 0 Å². The summed E-state index contributed by atoms with van der Waals surface area (Å²) in [6.45, 7) is 5.30. The Hall–Kier alpha value is -1.36. The molecule has 3 nitrogen and oxygen atoms in total. The first-order chi connectivity index (χ1) is 8.29. The van der Waals surface area contributed by atoms with Gasteiger partial charge in [-0.15, -0.1) is 0 Å². The van der Waals surface area contributed by atoms with E-state index >= 15 is 0 Å². The summed E-state index contributed by atoms with van der Waals surface area (Å²) in [7, 11) is 0. The van der Waals surface area contributed by atoms with E-state index < -0.39 is 17.5 Å². The predicted molar refractivity (Wildman–Crippen MR) is 71.2 cm³/mol. The fourth-order valence-corrected chi connectivity index (χ4v) is 1.95. The minimum absolute atomic E-state index is 0.221. The Morgan fingerprint density at radius 3 is 2.61 bits per heavy atom. The van der Waals surface area contributed by atoms with Gasteiger partial charge in [0.1, 0.15) is 5.60 Å². The van der Waals surface area contributed by atoms with Crippen LogP contribution in [0.25, 0.3) is 10.9 Å². The molecule has 0 aliphatic rings. The topological polar surface area (TPSA) is 31.2 Å². The molecule has 0 aliphatic carbocycles. The van der Waals surface area contributed by atoms with Crippen LogP contribution >= 0.6 is 15.9 Å². The molecule has 0 atom stereocenters. The molecule has 1 aromatic heterocycles. The van der Waals surface area contributed by atoms with Gasteiger partial charge in [-0.1, -0.05) is 6.07 Å². The van der Waals surface area contributed by atoms with Crippen LogP contribution in [0.4, 0.5) is 9.18 Å². The standard InChI is InChI=1S/C13H13BrFNO2/c1-13(2,3)18-12(17)16-7-6-8-4-5-9(14)10(15)11(8)16/h4-7H,1-3H3. The minimum atomic E-state index is -0.615. The lowest BCUT2D eigenvalue weighted by Crippen LogP contribution is -2.26. The van der Waals surface area contributed by atoms with Crippen molar-refractivity contribution in [2.24, 2.45) is 0 Å². The summed E-state index contributed by atoms with van der Waals surface area (Å²) in [5.41, 5.74) is -0.394. The summed E-state index contributed by atoms with van der Waals surface area (Å²) in [6, 6.07) is 5.02. The second kappa shape index (κ2) is 4.39. The van der Waals surface area contributed by atoms with Crippen LogP contribution in [0.5, 0.6) is 0 Å². The maximum Gasteiger partial charge on any atom is 0.419 e. The van der Waals surface area contributed by atoms with Gasteiger partial charge in [-0.3, -0.25) is 0 Å². The summed E-state index contributed by atoms with van der Waals surface area (Å²) in [5.74, 6) is -0.469. The second-order valence-corrected chi connectivity index (χ2v) is 5.82. The first-order valence-corrected chi connectivity index (χ1v) is 6.27. The molecule has 2 aromatic rings. The average Bonchev–Trinajstić information content (AvgIpc) is 2.65. The molecule has 0 spiro atoms. The highest BCUT2D eigenvalue weighted by molar-refractivity contribution is 9.10. The number of hydrogen-bond donors (Lipinski definition) is 0. The molecule has 0 bridgehead atoms. The van der Waals surface area contributed by atoms with Gasteiger partial charge in [-0.05, 0) is 48.8 Å². The molecule has 5 heteroatoms. The minimum Gasteiger partial charge on any atom is -0.443 e. The first-order valence-electron chi connectivity index (χ1n) is 5.48. The molecule has 0 aliphatic heterocycles. The van der Waals surface area contributed by atoms with Gasteiger partial charge in [-0.25, -0.2) is 13.8 Å². The highest BCUT2D eigenvalue weighted by atomic mass is 79.9. The van der Waals surface area contributed by atoms with E-state index in [1.54, 1.807) is 39.0 Å². The fourth-order valence-electron chi connectivity index (χ4n) is 1.63. The third kappa shape index (κ3) is 2.41. The molecule has 18 heavy (non-hydrogen) atoms. The lowest BCUT2D eigenvalue weighted by molar-refractivity contribution is 0.0543. The lowest BCUT2D eigenvalue weighted by Gasteiger charge is -2.19. The number of fused-ring (bicyclic) bond motifs is 1. The van der Waals surface area contributed by atoms with E-state index in [2.05, 4.69) is 15.9 Å². The second-order valence-electron chi connectivity index (χ2n) is 4.97. The van der Waals surface area contributed by atoms with Crippen LogP contribution in [-0.4, -0.2) is 16.3 Å². The molecule has 0 unspecified atom stereocenters. The zero-order valence-corrected chi connectivity index (χ0v) is 11.9. The van der Waals surface area contributed by atoms with E-state index in [4.69, 9.17) is 4.74 Å². The summed E-state index contributed by atoms with van der Waals surface area (Å²) in [6.07, 6.45) is 0.920. The van der Waals surface area contributed by atoms with Gasteiger partial charge in [0.2, 0.25) is 0 Å². The van der Waals surface area contributed by atoms with E-state index in [0.717, 1.165) is 0 Å². The van der Waals surface area contributed by atoms with Crippen molar-refractivity contribution in [3.05, 3.63) is 34.7 Å². The van der Waals surface area contributed by atoms with Gasteiger partial charge in [-0.2, -0.15) is 0 Å². The average molecular weight is 314 g/mol. The Kier molecular flexibility index (Phi) is 3.19. The van der Waals surface area contributed by atoms with Gasteiger partial charge in [0.15, 0.2) is 5.82 Å². The van der Waals surface area contributed by atoms with Crippen molar-refractivity contribution in [2.75, 3.05) is 0 Å². The van der Waals surface area contributed by atoms with Crippen LogP contribution in [0.3, 0.4) is 0 Å². The summed E-state index contributed by atoms with van der Waals surface area (Å²) in [5, 5.41) is 0.654. The van der Waals surface area contributed by atoms with Gasteiger partial charge in [0.05, 0.1) is 9.99 Å². The highest BCUT2D eigenvalue weighted by Gasteiger charge is 2.20. The zero-order valence-electron chi connectivity index (χ0n) is 10.3. The number of carbonyl (C=O) groups is 1. The highest BCUT2D eigenvalue weighted by Crippen LogP contribution is 2.26. The Labute approximate surface area is 113 Å². The molecule has 0 saturated heterocycles. The van der Waals surface area contributed by atoms with Gasteiger partial charge in [0, 0.05) is 11.6 Å². The predicted octanol–water partition coefficient (Wildman–Crippen LogP) is 4.33. The Morgan fingerprint density at radius 1 is 1.33 bits per heavy atom. The van der Waals surface area contributed by atoms with Crippen molar-refractivity contribution < 1.29 is 13.9 Å². The van der Waals surface area contributed by atoms with Crippen molar-refractivity contribution in [1.82, 2.24) is 4.57 Å². The largest absolute Gasteiger partial charge is 0.443 e. The third-order valence-electron chi connectivity index (χ3n) is 2.33. The maximum absolute atomic E-state index is 14.0. The van der Waals surface area contributed by atoms with Crippen molar-refractivity contribution in [1.29, 1.82) is 0 Å². The molecule has 1 heterocycles. The van der Waals surface area contributed by atoms with Crippen LogP contribution in [-0.2, 0) is 4.74 Å². The van der Waals surface area contributed by atoms with Crippen molar-refractivity contribution in [3.8, 4) is 0 Å². The molecule has 0 N–H and O–H groups in total. The summed E-state index contributed by atoms with van der Waals surface area (Å²) >= 11 is 3.11. The zero-order chi connectivity index (χ0) is 13.5. The lowest BCUT2D eigenvalue weighted by atomic mass is 10.2. The molecular formula is C13H13BrFNO2. The quantitative estimate of drug-likeness (QED) is 0.725. The first kappa shape index (κ1) is 13.1. The van der Waals surface area contributed by atoms with Gasteiger partial charge < -0.3 is 4.74 Å². The van der Waals surface area contributed by atoms with Gasteiger partial charge in [0.25, 0.3) is 0 Å². The van der Waals surface area contributed by atoms with Crippen LogP contribution in [0.15, 0.2) is 28.9 Å². The molecule has 0 fully saturated rings. The molecular weight excluding hydrogens is 301 g/mol. The number of halogens is 2. The van der Waals surface area contributed by atoms with E-state index in [9.17, 15) is 9.18 Å². The molecule has 1 aromatic carbocycles.